The fourth-order valence-corrected chi connectivity index (χ4v) is 3.10. The lowest BCUT2D eigenvalue weighted by Gasteiger charge is -2.28. The van der Waals surface area contributed by atoms with Crippen LogP contribution in [0.5, 0.6) is 5.88 Å². The number of H-pyrrole nitrogens is 1. The van der Waals surface area contributed by atoms with Crippen molar-refractivity contribution in [1.29, 1.82) is 0 Å². The number of aromatic nitrogens is 3. The number of amides is 1. The molecule has 0 unspecified atom stereocenters. The summed E-state index contributed by atoms with van der Waals surface area (Å²) in [7, 11) is 2.11. The Morgan fingerprint density at radius 3 is 2.92 bits per heavy atom. The molecule has 4 heterocycles. The smallest absolute Gasteiger partial charge is 0.260 e. The van der Waals surface area contributed by atoms with Gasteiger partial charge in [0.15, 0.2) is 5.82 Å². The van der Waals surface area contributed by atoms with Gasteiger partial charge in [-0.05, 0) is 32.9 Å². The number of hydrogen-bond donors (Lipinski definition) is 2. The van der Waals surface area contributed by atoms with Gasteiger partial charge in [0.1, 0.15) is 17.4 Å². The highest BCUT2D eigenvalue weighted by Crippen LogP contribution is 2.23. The molecule has 0 aliphatic carbocycles. The van der Waals surface area contributed by atoms with Gasteiger partial charge >= 0.3 is 0 Å². The Hall–Kier alpha value is -2.87. The van der Waals surface area contributed by atoms with E-state index in [1.165, 1.54) is 0 Å². The minimum Gasteiger partial charge on any atom is -0.474 e. The van der Waals surface area contributed by atoms with Crippen LogP contribution in [0.25, 0.3) is 11.0 Å². The number of pyridine rings is 1. The fraction of sp³-hybridized carbons (Fsp3) is 0.389. The normalized spacial score (nSPS) is 16.1. The van der Waals surface area contributed by atoms with Crippen molar-refractivity contribution in [2.75, 3.05) is 25.5 Å². The van der Waals surface area contributed by atoms with Gasteiger partial charge in [-0.2, -0.15) is 0 Å². The van der Waals surface area contributed by atoms with Crippen LogP contribution in [0.3, 0.4) is 0 Å². The number of nitrogens with zero attached hydrogens (tertiary/aromatic N) is 3. The van der Waals surface area contributed by atoms with Gasteiger partial charge in [-0.15, -0.1) is 0 Å². The molecule has 3 aromatic heterocycles. The van der Waals surface area contributed by atoms with Crippen LogP contribution in [0.1, 0.15) is 29.0 Å². The number of anilines is 1. The van der Waals surface area contributed by atoms with E-state index < -0.39 is 0 Å². The highest BCUT2D eigenvalue weighted by atomic mass is 16.5. The first-order chi connectivity index (χ1) is 12.6. The van der Waals surface area contributed by atoms with E-state index >= 15 is 0 Å². The van der Waals surface area contributed by atoms with Crippen molar-refractivity contribution in [3.8, 4) is 5.88 Å². The Labute approximate surface area is 150 Å². The van der Waals surface area contributed by atoms with Crippen molar-refractivity contribution < 1.29 is 14.1 Å². The first-order valence-electron chi connectivity index (χ1n) is 8.66. The maximum absolute atomic E-state index is 12.5. The van der Waals surface area contributed by atoms with Crippen molar-refractivity contribution in [3.63, 3.8) is 0 Å². The number of nitrogens with one attached hydrogen (secondary N) is 2. The van der Waals surface area contributed by atoms with E-state index in [-0.39, 0.29) is 12.0 Å². The van der Waals surface area contributed by atoms with Crippen molar-refractivity contribution in [2.24, 2.45) is 0 Å². The van der Waals surface area contributed by atoms with E-state index in [0.29, 0.717) is 28.5 Å². The Balaban J connectivity index is 1.53. The average molecular weight is 355 g/mol. The summed E-state index contributed by atoms with van der Waals surface area (Å²) < 4.78 is 11.0. The second-order valence-corrected chi connectivity index (χ2v) is 6.65. The number of ether oxygens (including phenoxy) is 1. The molecule has 1 amide bonds. The molecule has 3 aromatic rings. The van der Waals surface area contributed by atoms with Crippen LogP contribution in [0, 0.1) is 6.92 Å². The van der Waals surface area contributed by atoms with Crippen LogP contribution in [0.15, 0.2) is 28.9 Å². The van der Waals surface area contributed by atoms with Crippen LogP contribution < -0.4 is 10.1 Å². The van der Waals surface area contributed by atoms with Gasteiger partial charge in [0.25, 0.3) is 5.91 Å². The summed E-state index contributed by atoms with van der Waals surface area (Å²) in [5.41, 5.74) is 1.80. The minimum atomic E-state index is -0.298. The maximum Gasteiger partial charge on any atom is 0.260 e. The molecular weight excluding hydrogens is 334 g/mol. The molecule has 1 aliphatic rings. The summed E-state index contributed by atoms with van der Waals surface area (Å²) in [5, 5.41) is 6.49. The van der Waals surface area contributed by atoms with Gasteiger partial charge in [0, 0.05) is 31.4 Å². The molecule has 0 atom stereocenters. The van der Waals surface area contributed by atoms with Crippen LogP contribution in [-0.2, 0) is 0 Å². The molecule has 0 saturated carbocycles. The van der Waals surface area contributed by atoms with Crippen LogP contribution in [-0.4, -0.2) is 52.2 Å². The number of aryl methyl sites for hydroxylation is 1. The molecule has 2 N–H and O–H groups in total. The van der Waals surface area contributed by atoms with Gasteiger partial charge in [-0.25, -0.2) is 4.98 Å². The number of carbonyl (C=O) groups is 1. The van der Waals surface area contributed by atoms with Crippen molar-refractivity contribution >= 4 is 22.8 Å². The molecule has 0 bridgehead atoms. The highest BCUT2D eigenvalue weighted by Gasteiger charge is 2.20. The van der Waals surface area contributed by atoms with Crippen molar-refractivity contribution in [2.45, 2.75) is 25.9 Å². The summed E-state index contributed by atoms with van der Waals surface area (Å²) in [5.74, 6) is 1.25. The third-order valence-electron chi connectivity index (χ3n) is 4.56. The van der Waals surface area contributed by atoms with Crippen LogP contribution in [0.2, 0.25) is 0 Å². The fourth-order valence-electron chi connectivity index (χ4n) is 3.10. The van der Waals surface area contributed by atoms with Gasteiger partial charge in [-0.1, -0.05) is 5.16 Å². The zero-order valence-corrected chi connectivity index (χ0v) is 14.8. The maximum atomic E-state index is 12.5. The largest absolute Gasteiger partial charge is 0.474 e. The zero-order chi connectivity index (χ0) is 18.1. The molecule has 8 heteroatoms. The standard InChI is InChI=1S/C18H21N5O3/c1-11-9-15(22-26-11)20-18(24)13-10-19-14-3-4-16(21-17(13)14)25-12-5-7-23(2)8-6-12/h3-4,9-10,12,19H,5-8H2,1-2H3,(H,20,22,24). The van der Waals surface area contributed by atoms with Crippen LogP contribution in [0.4, 0.5) is 5.82 Å². The molecule has 1 fully saturated rings. The molecule has 4 rings (SSSR count). The molecule has 1 aliphatic heterocycles. The summed E-state index contributed by atoms with van der Waals surface area (Å²) in [6.07, 6.45) is 3.74. The zero-order valence-electron chi connectivity index (χ0n) is 14.8. The molecule has 0 radical (unpaired) electrons. The summed E-state index contributed by atoms with van der Waals surface area (Å²) in [4.78, 5) is 22.4. The lowest BCUT2D eigenvalue weighted by atomic mass is 10.1. The lowest BCUT2D eigenvalue weighted by molar-refractivity contribution is 0.102. The summed E-state index contributed by atoms with van der Waals surface area (Å²) in [6, 6.07) is 5.37. The number of aromatic amines is 1. The Morgan fingerprint density at radius 2 is 2.19 bits per heavy atom. The topological polar surface area (TPSA) is 96.3 Å². The first-order valence-corrected chi connectivity index (χ1v) is 8.66. The second-order valence-electron chi connectivity index (χ2n) is 6.65. The Kier molecular flexibility index (Phi) is 4.34. The molecule has 0 aromatic carbocycles. The first kappa shape index (κ1) is 16.6. The quantitative estimate of drug-likeness (QED) is 0.747. The number of piperidine rings is 1. The van der Waals surface area contributed by atoms with Crippen molar-refractivity contribution in [3.05, 3.63) is 35.7 Å². The molecule has 1 saturated heterocycles. The SMILES string of the molecule is Cc1cc(NC(=O)c2c[nH]c3ccc(OC4CCN(C)CC4)nc23)no1. The third kappa shape index (κ3) is 3.41. The van der Waals surface area contributed by atoms with Gasteiger partial charge in [0.05, 0.1) is 11.1 Å². The third-order valence-corrected chi connectivity index (χ3v) is 4.56. The summed E-state index contributed by atoms with van der Waals surface area (Å²) in [6.45, 7) is 3.80. The Bertz CT molecular complexity index is 924. The van der Waals surface area contributed by atoms with Gasteiger partial charge in [0.2, 0.25) is 5.88 Å². The molecular formula is C18H21N5O3. The monoisotopic (exact) mass is 355 g/mol. The van der Waals surface area contributed by atoms with E-state index in [1.54, 1.807) is 19.2 Å². The number of fused-ring (bicyclic) bond motifs is 1. The highest BCUT2D eigenvalue weighted by molar-refractivity contribution is 6.11. The van der Waals surface area contributed by atoms with E-state index in [4.69, 9.17) is 9.26 Å². The van der Waals surface area contributed by atoms with E-state index in [9.17, 15) is 4.79 Å². The number of rotatable bonds is 4. The van der Waals surface area contributed by atoms with Gasteiger partial charge in [-0.3, -0.25) is 4.79 Å². The average Bonchev–Trinajstić information content (AvgIpc) is 3.22. The molecule has 136 valence electrons. The molecule has 26 heavy (non-hydrogen) atoms. The summed E-state index contributed by atoms with van der Waals surface area (Å²) >= 11 is 0. The van der Waals surface area contributed by atoms with E-state index in [1.807, 2.05) is 12.1 Å². The second kappa shape index (κ2) is 6.80. The predicted octanol–water partition coefficient (Wildman–Crippen LogP) is 2.58. The van der Waals surface area contributed by atoms with Gasteiger partial charge < -0.3 is 24.5 Å². The lowest BCUT2D eigenvalue weighted by Crippen LogP contribution is -2.35. The van der Waals surface area contributed by atoms with Crippen LogP contribution >= 0.6 is 0 Å². The molecule has 0 spiro atoms. The van der Waals surface area contributed by atoms with E-state index in [0.717, 1.165) is 31.4 Å². The molecule has 8 nitrogen and oxygen atoms in total. The number of likely N-dealkylation sites (tertiary alicyclic amines) is 1. The minimum absolute atomic E-state index is 0.158. The predicted molar refractivity (Wildman–Crippen MR) is 96.4 cm³/mol. The Morgan fingerprint density at radius 1 is 1.38 bits per heavy atom. The van der Waals surface area contributed by atoms with Crippen molar-refractivity contribution in [1.82, 2.24) is 20.0 Å². The van der Waals surface area contributed by atoms with E-state index in [2.05, 4.69) is 32.4 Å². The number of hydrogen-bond acceptors (Lipinski definition) is 6. The number of carbonyl (C=O) groups excluding carboxylic acids is 1.